The van der Waals surface area contributed by atoms with E-state index < -0.39 is 5.91 Å². The molecule has 1 heterocycles. The topological polar surface area (TPSA) is 115 Å². The Hall–Kier alpha value is -2.61. The van der Waals surface area contributed by atoms with E-state index >= 15 is 0 Å². The van der Waals surface area contributed by atoms with Gasteiger partial charge < -0.3 is 15.4 Å². The molecule has 0 atom stereocenters. The van der Waals surface area contributed by atoms with E-state index in [2.05, 4.69) is 15.5 Å². The molecule has 0 saturated heterocycles. The van der Waals surface area contributed by atoms with Gasteiger partial charge in [0.2, 0.25) is 0 Å². The number of hydrogen-bond acceptors (Lipinski definition) is 7. The Labute approximate surface area is 117 Å². The van der Waals surface area contributed by atoms with Crippen LogP contribution in [0.2, 0.25) is 0 Å². The van der Waals surface area contributed by atoms with Crippen molar-refractivity contribution in [2.24, 2.45) is 5.16 Å². The number of aromatic hydroxyl groups is 2. The molecule has 104 valence electrons. The monoisotopic (exact) mass is 293 g/mol. The summed E-state index contributed by atoms with van der Waals surface area (Å²) >= 11 is 1.16. The minimum Gasteiger partial charge on any atom is -0.508 e. The van der Waals surface area contributed by atoms with Crippen molar-refractivity contribution in [2.75, 3.05) is 5.32 Å². The zero-order chi connectivity index (χ0) is 14.7. The number of carbonyl (C=O) groups is 1. The molecule has 1 aromatic carbocycles. The Kier molecular flexibility index (Phi) is 3.85. The number of rotatable bonds is 3. The molecule has 7 nitrogen and oxygen atoms in total. The minimum absolute atomic E-state index is 0.104. The minimum atomic E-state index is -0.518. The van der Waals surface area contributed by atoms with E-state index in [0.29, 0.717) is 16.5 Å². The van der Waals surface area contributed by atoms with Crippen LogP contribution in [0.25, 0.3) is 0 Å². The smallest absolute Gasteiger partial charge is 0.257 e. The van der Waals surface area contributed by atoms with Crippen molar-refractivity contribution < 1.29 is 20.2 Å². The number of oxime groups is 1. The molecule has 0 spiro atoms. The summed E-state index contributed by atoms with van der Waals surface area (Å²) in [7, 11) is 0. The Morgan fingerprint density at radius 2 is 1.95 bits per heavy atom. The molecule has 0 aliphatic carbocycles. The average Bonchev–Trinajstić information content (AvgIpc) is 2.85. The summed E-state index contributed by atoms with van der Waals surface area (Å²) in [4.78, 5) is 16.0. The number of aromatic nitrogens is 1. The van der Waals surface area contributed by atoms with Gasteiger partial charge >= 0.3 is 0 Å². The Bertz CT molecular complexity index is 661. The number of nitrogens with zero attached hydrogens (tertiary/aromatic N) is 2. The highest BCUT2D eigenvalue weighted by Crippen LogP contribution is 2.22. The standard InChI is InChI=1S/C12H11N3O4S/c1-6(15-19)10-5-20-12(13-10)14-11(18)7-2-8(16)4-9(17)3-7/h2-5,16-17,19H,1H3,(H,13,14,18)/b15-6-. The number of anilines is 1. The van der Waals surface area contributed by atoms with Crippen LogP contribution in [0, 0.1) is 0 Å². The normalized spacial score (nSPS) is 11.3. The molecule has 0 saturated carbocycles. The van der Waals surface area contributed by atoms with E-state index in [9.17, 15) is 15.0 Å². The lowest BCUT2D eigenvalue weighted by Crippen LogP contribution is -2.11. The highest BCUT2D eigenvalue weighted by Gasteiger charge is 2.12. The number of carbonyl (C=O) groups excluding carboxylic acids is 1. The predicted octanol–water partition coefficient (Wildman–Crippen LogP) is 2.00. The summed E-state index contributed by atoms with van der Waals surface area (Å²) in [6, 6.07) is 3.58. The summed E-state index contributed by atoms with van der Waals surface area (Å²) < 4.78 is 0. The van der Waals surface area contributed by atoms with Crippen LogP contribution in [-0.2, 0) is 0 Å². The van der Waals surface area contributed by atoms with E-state index in [4.69, 9.17) is 5.21 Å². The molecular weight excluding hydrogens is 282 g/mol. The van der Waals surface area contributed by atoms with Gasteiger partial charge in [0.1, 0.15) is 22.9 Å². The molecular formula is C12H11N3O4S. The van der Waals surface area contributed by atoms with Crippen LogP contribution in [0.3, 0.4) is 0 Å². The molecule has 0 unspecified atom stereocenters. The van der Waals surface area contributed by atoms with Crippen molar-refractivity contribution in [1.29, 1.82) is 0 Å². The van der Waals surface area contributed by atoms with Gasteiger partial charge in [-0.1, -0.05) is 5.16 Å². The first-order valence-electron chi connectivity index (χ1n) is 5.48. The number of thiazole rings is 1. The molecule has 2 rings (SSSR count). The van der Waals surface area contributed by atoms with Crippen molar-refractivity contribution in [2.45, 2.75) is 6.92 Å². The van der Waals surface area contributed by atoms with Crippen molar-refractivity contribution >= 4 is 28.1 Å². The van der Waals surface area contributed by atoms with Crippen molar-refractivity contribution in [3.63, 3.8) is 0 Å². The van der Waals surface area contributed by atoms with E-state index in [-0.39, 0.29) is 17.1 Å². The first-order valence-corrected chi connectivity index (χ1v) is 6.36. The van der Waals surface area contributed by atoms with Gasteiger partial charge in [-0.05, 0) is 19.1 Å². The van der Waals surface area contributed by atoms with Crippen LogP contribution in [-0.4, -0.2) is 32.0 Å². The average molecular weight is 293 g/mol. The van der Waals surface area contributed by atoms with Gasteiger partial charge in [-0.25, -0.2) is 4.98 Å². The summed E-state index contributed by atoms with van der Waals surface area (Å²) in [5, 5.41) is 34.8. The molecule has 0 aliphatic heterocycles. The third kappa shape index (κ3) is 3.04. The summed E-state index contributed by atoms with van der Waals surface area (Å²) in [6.45, 7) is 1.58. The maximum Gasteiger partial charge on any atom is 0.257 e. The molecule has 0 bridgehead atoms. The summed E-state index contributed by atoms with van der Waals surface area (Å²) in [5.41, 5.74) is 0.884. The molecule has 20 heavy (non-hydrogen) atoms. The zero-order valence-corrected chi connectivity index (χ0v) is 11.2. The highest BCUT2D eigenvalue weighted by atomic mass is 32.1. The van der Waals surface area contributed by atoms with Gasteiger partial charge in [0.15, 0.2) is 5.13 Å². The second-order valence-corrected chi connectivity index (χ2v) is 4.77. The first-order chi connectivity index (χ1) is 9.49. The molecule has 0 aliphatic rings. The number of nitrogens with one attached hydrogen (secondary N) is 1. The predicted molar refractivity (Wildman–Crippen MR) is 73.8 cm³/mol. The van der Waals surface area contributed by atoms with Crippen molar-refractivity contribution in [3.8, 4) is 11.5 Å². The third-order valence-electron chi connectivity index (χ3n) is 2.41. The van der Waals surface area contributed by atoms with E-state index in [1.54, 1.807) is 12.3 Å². The van der Waals surface area contributed by atoms with Crippen LogP contribution in [0.1, 0.15) is 23.0 Å². The molecule has 0 radical (unpaired) electrons. The van der Waals surface area contributed by atoms with Crippen molar-refractivity contribution in [1.82, 2.24) is 4.98 Å². The number of amides is 1. The van der Waals surface area contributed by atoms with Gasteiger partial charge in [-0.3, -0.25) is 10.1 Å². The fourth-order valence-corrected chi connectivity index (χ4v) is 2.19. The number of hydrogen-bond donors (Lipinski definition) is 4. The van der Waals surface area contributed by atoms with Gasteiger partial charge in [-0.15, -0.1) is 11.3 Å². The Morgan fingerprint density at radius 1 is 1.30 bits per heavy atom. The first kappa shape index (κ1) is 13.8. The number of benzene rings is 1. The maximum atomic E-state index is 11.9. The van der Waals surface area contributed by atoms with E-state index in [1.807, 2.05) is 0 Å². The van der Waals surface area contributed by atoms with Gasteiger partial charge in [0.25, 0.3) is 5.91 Å². The summed E-state index contributed by atoms with van der Waals surface area (Å²) in [6.07, 6.45) is 0. The molecule has 4 N–H and O–H groups in total. The van der Waals surface area contributed by atoms with Crippen LogP contribution in [0.4, 0.5) is 5.13 Å². The maximum absolute atomic E-state index is 11.9. The second kappa shape index (κ2) is 5.57. The van der Waals surface area contributed by atoms with Crippen molar-refractivity contribution in [3.05, 3.63) is 34.8 Å². The van der Waals surface area contributed by atoms with Crippen LogP contribution < -0.4 is 5.32 Å². The second-order valence-electron chi connectivity index (χ2n) is 3.92. The molecule has 1 aromatic heterocycles. The SMILES string of the molecule is C/C(=N/O)c1csc(NC(=O)c2cc(O)cc(O)c2)n1. The lowest BCUT2D eigenvalue weighted by Gasteiger charge is -2.03. The summed E-state index contributed by atoms with van der Waals surface area (Å²) in [5.74, 6) is -0.938. The van der Waals surface area contributed by atoms with Gasteiger partial charge in [0.05, 0.1) is 0 Å². The quantitative estimate of drug-likeness (QED) is 0.392. The van der Waals surface area contributed by atoms with Crippen LogP contribution >= 0.6 is 11.3 Å². The van der Waals surface area contributed by atoms with Gasteiger partial charge in [-0.2, -0.15) is 0 Å². The number of phenols is 2. The van der Waals surface area contributed by atoms with E-state index in [1.165, 1.54) is 12.1 Å². The molecule has 1 amide bonds. The largest absolute Gasteiger partial charge is 0.508 e. The Morgan fingerprint density at radius 3 is 2.55 bits per heavy atom. The van der Waals surface area contributed by atoms with Gasteiger partial charge in [0, 0.05) is 17.0 Å². The fourth-order valence-electron chi connectivity index (χ4n) is 1.44. The van der Waals surface area contributed by atoms with E-state index in [0.717, 1.165) is 17.4 Å². The molecule has 8 heteroatoms. The highest BCUT2D eigenvalue weighted by molar-refractivity contribution is 7.14. The lowest BCUT2D eigenvalue weighted by atomic mass is 10.2. The van der Waals surface area contributed by atoms with Crippen LogP contribution in [0.5, 0.6) is 11.5 Å². The fraction of sp³-hybridized carbons (Fsp3) is 0.0833. The number of phenolic OH excluding ortho intramolecular Hbond substituents is 2. The van der Waals surface area contributed by atoms with Crippen LogP contribution in [0.15, 0.2) is 28.7 Å². The lowest BCUT2D eigenvalue weighted by molar-refractivity contribution is 0.102. The zero-order valence-electron chi connectivity index (χ0n) is 10.4. The third-order valence-corrected chi connectivity index (χ3v) is 3.17. The Balaban J connectivity index is 2.17. The molecule has 0 fully saturated rings. The molecule has 2 aromatic rings.